The molecule has 2 saturated heterocycles. The second-order valence-corrected chi connectivity index (χ2v) is 20.1. The Morgan fingerprint density at radius 3 is 1.73 bits per heavy atom. The van der Waals surface area contributed by atoms with E-state index in [0.29, 0.717) is 68.1 Å². The molecule has 0 bridgehead atoms. The Bertz CT molecular complexity index is 2260. The van der Waals surface area contributed by atoms with Gasteiger partial charge in [-0.1, -0.05) is 101 Å². The normalized spacial score (nSPS) is 33.3. The van der Waals surface area contributed by atoms with Crippen LogP contribution >= 0.6 is 23.2 Å². The van der Waals surface area contributed by atoms with E-state index in [1.807, 2.05) is 72.2 Å². The van der Waals surface area contributed by atoms with Crippen LogP contribution in [0.25, 0.3) is 0 Å². The molecule has 62 heavy (non-hydrogen) atoms. The van der Waals surface area contributed by atoms with E-state index < -0.39 is 5.41 Å². The second kappa shape index (κ2) is 18.0. The molecule has 2 amide bonds. The predicted octanol–water partition coefficient (Wildman–Crippen LogP) is 11.7. The average Bonchev–Trinajstić information content (AvgIpc) is 3.51. The van der Waals surface area contributed by atoms with Gasteiger partial charge in [0.05, 0.1) is 19.2 Å². The number of fused-ring (bicyclic) bond motifs is 8. The fraction of sp³-hybridized carbons (Fsp3) is 0.538. The minimum absolute atomic E-state index is 0. The van der Waals surface area contributed by atoms with Crippen molar-refractivity contribution in [3.05, 3.63) is 105 Å². The van der Waals surface area contributed by atoms with Gasteiger partial charge in [0.1, 0.15) is 11.6 Å². The number of carbonyl (C=O) groups excluding carboxylic acids is 5. The quantitative estimate of drug-likeness (QED) is 0.285. The van der Waals surface area contributed by atoms with E-state index in [2.05, 4.69) is 32.1 Å². The van der Waals surface area contributed by atoms with Gasteiger partial charge in [0.15, 0.2) is 5.78 Å². The summed E-state index contributed by atoms with van der Waals surface area (Å²) in [7, 11) is 0. The highest BCUT2D eigenvalue weighted by atomic mass is 35.5. The summed E-state index contributed by atoms with van der Waals surface area (Å²) in [6.45, 7) is 9.37. The summed E-state index contributed by atoms with van der Waals surface area (Å²) in [5.41, 5.74) is 3.98. The second-order valence-electron chi connectivity index (χ2n) is 19.2. The first kappa shape index (κ1) is 47.2. The number of ketones is 3. The minimum Gasteiger partial charge on any atom is -0.312 e. The fourth-order valence-corrected chi connectivity index (χ4v) is 13.1. The molecule has 2 aromatic carbocycles. The predicted molar refractivity (Wildman–Crippen MR) is 244 cm³/mol. The third kappa shape index (κ3) is 8.06. The summed E-state index contributed by atoms with van der Waals surface area (Å²) in [5.74, 6) is 1.63. The van der Waals surface area contributed by atoms with Crippen LogP contribution in [0.1, 0.15) is 124 Å². The highest BCUT2D eigenvalue weighted by Gasteiger charge is 2.63. The Balaban J connectivity index is 0.000000200. The van der Waals surface area contributed by atoms with E-state index in [0.717, 1.165) is 53.8 Å². The molecule has 7 aliphatic rings. The third-order valence-electron chi connectivity index (χ3n) is 15.9. The molecule has 2 saturated carbocycles. The molecule has 9 rings (SSSR count). The zero-order valence-electron chi connectivity index (χ0n) is 35.1. The highest BCUT2D eigenvalue weighted by molar-refractivity contribution is 6.30. The van der Waals surface area contributed by atoms with Gasteiger partial charge in [-0.25, -0.2) is 0 Å². The van der Waals surface area contributed by atoms with E-state index in [-0.39, 0.29) is 90.4 Å². The molecule has 0 unspecified atom stereocenters. The largest absolute Gasteiger partial charge is 0.312 e. The number of rotatable bonds is 6. The monoisotopic (exact) mass is 879 g/mol. The third-order valence-corrected chi connectivity index (χ3v) is 16.4. The van der Waals surface area contributed by atoms with Crippen LogP contribution < -0.4 is 0 Å². The summed E-state index contributed by atoms with van der Waals surface area (Å²) >= 11 is 12.0. The molecule has 0 radical (unpaired) electrons. The lowest BCUT2D eigenvalue weighted by molar-refractivity contribution is -0.152. The molecule has 4 fully saturated rings. The Kier molecular flexibility index (Phi) is 13.7. The lowest BCUT2D eigenvalue weighted by atomic mass is 9.49. The summed E-state index contributed by atoms with van der Waals surface area (Å²) in [6, 6.07) is 17.4. The summed E-state index contributed by atoms with van der Waals surface area (Å²) < 4.78 is 0. The SMILES string of the molecule is C.C.CC1=CC(=O)[C@H]2[C@@H](CC=C3N(Cc4ccc(Cl)cc4)C(=O)CC[C@@]32C)[C@@H]1CCC#N.C[C@]12CCC(=O)N(Cc3ccc(Cl)cc3)C1=CC[C@@H]1[C@@H]2C(=O)C[C@]2(C)C(=O)CC[C@@H]12. The zero-order valence-corrected chi connectivity index (χ0v) is 36.7. The Labute approximate surface area is 378 Å². The lowest BCUT2D eigenvalue weighted by Gasteiger charge is -2.56. The smallest absolute Gasteiger partial charge is 0.227 e. The summed E-state index contributed by atoms with van der Waals surface area (Å²) in [4.78, 5) is 68.9. The number of amides is 2. The lowest BCUT2D eigenvalue weighted by Crippen LogP contribution is -2.57. The van der Waals surface area contributed by atoms with Gasteiger partial charge in [0, 0.05) is 81.6 Å². The molecular formula is C52H63Cl2N3O5. The van der Waals surface area contributed by atoms with Gasteiger partial charge in [-0.3, -0.25) is 24.0 Å². The number of hydrogen-bond acceptors (Lipinski definition) is 6. The highest BCUT2D eigenvalue weighted by Crippen LogP contribution is 2.63. The van der Waals surface area contributed by atoms with E-state index in [1.54, 1.807) is 6.08 Å². The molecule has 10 heteroatoms. The number of piperidine rings is 2. The molecule has 2 heterocycles. The van der Waals surface area contributed by atoms with Gasteiger partial charge in [-0.15, -0.1) is 0 Å². The van der Waals surface area contributed by atoms with Crippen LogP contribution in [-0.4, -0.2) is 39.0 Å². The molecule has 2 aromatic rings. The Morgan fingerprint density at radius 1 is 0.710 bits per heavy atom. The van der Waals surface area contributed by atoms with Crippen LogP contribution in [0.15, 0.2) is 83.7 Å². The summed E-state index contributed by atoms with van der Waals surface area (Å²) in [5, 5.41) is 10.4. The van der Waals surface area contributed by atoms with Crippen molar-refractivity contribution >= 4 is 52.4 Å². The molecule has 330 valence electrons. The number of halogens is 2. The van der Waals surface area contributed by atoms with Crippen molar-refractivity contribution in [3.8, 4) is 6.07 Å². The van der Waals surface area contributed by atoms with Crippen LogP contribution in [0.2, 0.25) is 10.0 Å². The van der Waals surface area contributed by atoms with E-state index in [4.69, 9.17) is 28.5 Å². The van der Waals surface area contributed by atoms with Gasteiger partial charge >= 0.3 is 0 Å². The number of Topliss-reactive ketones (excluding diaryl/α,β-unsaturated/α-hetero) is 2. The van der Waals surface area contributed by atoms with E-state index in [9.17, 15) is 24.0 Å². The van der Waals surface area contributed by atoms with Crippen LogP contribution in [0.4, 0.5) is 0 Å². The average molecular weight is 881 g/mol. The van der Waals surface area contributed by atoms with Crippen LogP contribution in [0.3, 0.4) is 0 Å². The van der Waals surface area contributed by atoms with Gasteiger partial charge in [0.25, 0.3) is 0 Å². The van der Waals surface area contributed by atoms with Crippen molar-refractivity contribution in [2.24, 2.45) is 51.8 Å². The number of likely N-dealkylation sites (tertiary alicyclic amines) is 2. The van der Waals surface area contributed by atoms with Crippen LogP contribution in [0, 0.1) is 63.1 Å². The summed E-state index contributed by atoms with van der Waals surface area (Å²) in [6.07, 6.45) is 13.2. The van der Waals surface area contributed by atoms with Crippen molar-refractivity contribution in [1.82, 2.24) is 9.80 Å². The van der Waals surface area contributed by atoms with Crippen molar-refractivity contribution in [2.75, 3.05) is 0 Å². The fourth-order valence-electron chi connectivity index (χ4n) is 12.9. The van der Waals surface area contributed by atoms with Crippen molar-refractivity contribution < 1.29 is 24.0 Å². The molecule has 9 atom stereocenters. The van der Waals surface area contributed by atoms with Crippen molar-refractivity contribution in [1.29, 1.82) is 5.26 Å². The number of benzene rings is 2. The standard InChI is InChI=1S/C25H27ClN2O2.C25H28ClNO3.2CH4/c1-16-14-21(29)24-20(19(16)4-3-13-27)9-10-22-25(24,2)12-11-23(30)28(22)15-17-5-7-18(26)8-6-17;1-24-12-11-22(30)27(14-15-3-5-16(26)6-4-15)20(24)9-7-17-18-8-10-21(29)25(18,2)13-19(28)23(17)24;;/h5-8,10,14,19-20,24H,3-4,9,11-12,15H2,1-2H3;3-6,9,17-18,23H,7-8,10-14H2,1-2H3;2*1H4/t19-,20+,24-,25+;17-,18-,23+,24-,25-;;/m10../s1. The number of carbonyl (C=O) groups is 5. The first-order chi connectivity index (χ1) is 28.6. The maximum Gasteiger partial charge on any atom is 0.227 e. The van der Waals surface area contributed by atoms with Gasteiger partial charge < -0.3 is 9.80 Å². The number of nitriles is 1. The molecule has 2 aliphatic heterocycles. The molecule has 0 N–H and O–H groups in total. The zero-order chi connectivity index (χ0) is 42.7. The van der Waals surface area contributed by atoms with Crippen LogP contribution in [-0.2, 0) is 37.1 Å². The maximum atomic E-state index is 13.5. The van der Waals surface area contributed by atoms with Gasteiger partial charge in [-0.2, -0.15) is 5.26 Å². The maximum absolute atomic E-state index is 13.5. The molecule has 0 spiro atoms. The Hall–Kier alpha value is -4.32. The number of hydrogen-bond donors (Lipinski definition) is 0. The van der Waals surface area contributed by atoms with Gasteiger partial charge in [-0.05, 0) is 111 Å². The van der Waals surface area contributed by atoms with E-state index in [1.165, 1.54) is 0 Å². The molecular weight excluding hydrogens is 817 g/mol. The van der Waals surface area contributed by atoms with Crippen molar-refractivity contribution in [3.63, 3.8) is 0 Å². The Morgan fingerprint density at radius 2 is 1.21 bits per heavy atom. The van der Waals surface area contributed by atoms with Crippen LogP contribution in [0.5, 0.6) is 0 Å². The number of allylic oxidation sites excluding steroid dienone is 6. The molecule has 5 aliphatic carbocycles. The first-order valence-corrected chi connectivity index (χ1v) is 22.5. The first-order valence-electron chi connectivity index (χ1n) is 21.7. The van der Waals surface area contributed by atoms with Gasteiger partial charge in [0.2, 0.25) is 11.8 Å². The molecule has 8 nitrogen and oxygen atoms in total. The minimum atomic E-state index is -0.479. The topological polar surface area (TPSA) is 116 Å². The number of nitrogens with zero attached hydrogens (tertiary/aromatic N) is 3. The molecule has 0 aromatic heterocycles. The van der Waals surface area contributed by atoms with Crippen molar-refractivity contribution in [2.45, 2.75) is 126 Å². The van der Waals surface area contributed by atoms with E-state index >= 15 is 0 Å².